The first-order chi connectivity index (χ1) is 12.3. The molecule has 2 rings (SSSR count). The molecule has 10 heteroatoms. The number of halogens is 8. The number of hydrogen-bond donors (Lipinski definition) is 0. The summed E-state index contributed by atoms with van der Waals surface area (Å²) in [6.45, 7) is 3.89. The quantitative estimate of drug-likeness (QED) is 0.291. The minimum Gasteiger partial charge on any atom is -0.353 e. The third kappa shape index (κ3) is 5.43. The Balaban J connectivity index is 2.43. The molecule has 0 spiro atoms. The molecule has 1 aromatic rings. The van der Waals surface area contributed by atoms with Crippen molar-refractivity contribution in [3.63, 3.8) is 0 Å². The van der Waals surface area contributed by atoms with Crippen LogP contribution in [-0.4, -0.2) is 30.0 Å². The average Bonchev–Trinajstić information content (AvgIpc) is 3.06. The van der Waals surface area contributed by atoms with Gasteiger partial charge in [0, 0.05) is 19.1 Å². The minimum absolute atomic E-state index is 0.0246. The Kier molecular flexibility index (Phi) is 6.67. The molecule has 0 heterocycles. The van der Waals surface area contributed by atoms with Gasteiger partial charge in [0.2, 0.25) is 0 Å². The van der Waals surface area contributed by atoms with Crippen LogP contribution in [-0.2, 0) is 22.1 Å². The van der Waals surface area contributed by atoms with E-state index in [0.29, 0.717) is 6.07 Å². The third-order valence-corrected chi connectivity index (χ3v) is 5.14. The second-order valence-electron chi connectivity index (χ2n) is 6.21. The standard InChI is InChI=1S/C17H18Cl2F6O2/c1-3-26-14(27-4-2)13-12(16(13,18)19)10-5-9(8-15(20,21)22)6-11(7-10)17(23,24)25/h5-7,12-14H,3-4,8H2,1-2H3/t12-,13+/m1/s1. The highest BCUT2D eigenvalue weighted by Crippen LogP contribution is 2.67. The van der Waals surface area contributed by atoms with Crippen LogP contribution in [0.5, 0.6) is 0 Å². The molecule has 2 atom stereocenters. The van der Waals surface area contributed by atoms with Crippen molar-refractivity contribution in [1.29, 1.82) is 0 Å². The van der Waals surface area contributed by atoms with Crippen LogP contribution in [0.2, 0.25) is 0 Å². The summed E-state index contributed by atoms with van der Waals surface area (Å²) in [5.41, 5.74) is -1.71. The number of alkyl halides is 8. The molecule has 0 N–H and O–H groups in total. The topological polar surface area (TPSA) is 18.5 Å². The molecular formula is C17H18Cl2F6O2. The highest BCUT2D eigenvalue weighted by atomic mass is 35.5. The van der Waals surface area contributed by atoms with Crippen molar-refractivity contribution < 1.29 is 35.8 Å². The van der Waals surface area contributed by atoms with E-state index in [4.69, 9.17) is 32.7 Å². The van der Waals surface area contributed by atoms with Gasteiger partial charge in [-0.05, 0) is 37.1 Å². The van der Waals surface area contributed by atoms with Crippen LogP contribution in [0.15, 0.2) is 18.2 Å². The fourth-order valence-corrected chi connectivity index (χ4v) is 3.95. The largest absolute Gasteiger partial charge is 0.416 e. The summed E-state index contributed by atoms with van der Waals surface area (Å²) in [5.74, 6) is -1.55. The smallest absolute Gasteiger partial charge is 0.353 e. The Bertz CT molecular complexity index is 654. The summed E-state index contributed by atoms with van der Waals surface area (Å²) in [7, 11) is 0. The van der Waals surface area contributed by atoms with E-state index in [1.165, 1.54) is 0 Å². The summed E-state index contributed by atoms with van der Waals surface area (Å²) in [4.78, 5) is 0. The molecule has 1 fully saturated rings. The van der Waals surface area contributed by atoms with Gasteiger partial charge < -0.3 is 9.47 Å². The maximum atomic E-state index is 13.2. The summed E-state index contributed by atoms with van der Waals surface area (Å²) in [6.07, 6.45) is -11.8. The zero-order valence-corrected chi connectivity index (χ0v) is 15.9. The van der Waals surface area contributed by atoms with Crippen LogP contribution >= 0.6 is 23.2 Å². The summed E-state index contributed by atoms with van der Waals surface area (Å²) in [5, 5.41) is 0. The maximum Gasteiger partial charge on any atom is 0.416 e. The van der Waals surface area contributed by atoms with Crippen molar-refractivity contribution in [1.82, 2.24) is 0 Å². The van der Waals surface area contributed by atoms with Gasteiger partial charge in [-0.25, -0.2) is 0 Å². The van der Waals surface area contributed by atoms with Crippen molar-refractivity contribution in [2.24, 2.45) is 5.92 Å². The predicted molar refractivity (Wildman–Crippen MR) is 88.9 cm³/mol. The molecule has 1 aromatic carbocycles. The van der Waals surface area contributed by atoms with Crippen molar-refractivity contribution in [3.05, 3.63) is 34.9 Å². The number of ether oxygens (including phenoxy) is 2. The molecule has 0 amide bonds. The molecule has 0 aliphatic heterocycles. The van der Waals surface area contributed by atoms with E-state index >= 15 is 0 Å². The fraction of sp³-hybridized carbons (Fsp3) is 0.647. The summed E-state index contributed by atoms with van der Waals surface area (Å²) >= 11 is 12.5. The lowest BCUT2D eigenvalue weighted by atomic mass is 9.99. The Labute approximate surface area is 162 Å². The Hall–Kier alpha value is -0.700. The molecule has 0 aromatic heterocycles. The van der Waals surface area contributed by atoms with Crippen molar-refractivity contribution in [2.75, 3.05) is 13.2 Å². The lowest BCUT2D eigenvalue weighted by Crippen LogP contribution is -2.22. The molecule has 1 saturated carbocycles. The zero-order chi connectivity index (χ0) is 20.6. The van der Waals surface area contributed by atoms with Crippen molar-refractivity contribution >= 4 is 23.2 Å². The average molecular weight is 439 g/mol. The molecule has 27 heavy (non-hydrogen) atoms. The molecule has 154 valence electrons. The van der Waals surface area contributed by atoms with Gasteiger partial charge in [-0.3, -0.25) is 0 Å². The van der Waals surface area contributed by atoms with E-state index in [2.05, 4.69) is 0 Å². The fourth-order valence-electron chi connectivity index (χ4n) is 3.10. The lowest BCUT2D eigenvalue weighted by Gasteiger charge is -2.17. The van der Waals surface area contributed by atoms with Gasteiger partial charge in [0.05, 0.1) is 17.9 Å². The second-order valence-corrected chi connectivity index (χ2v) is 7.65. The monoisotopic (exact) mass is 438 g/mol. The van der Waals surface area contributed by atoms with Crippen LogP contribution in [0.3, 0.4) is 0 Å². The first-order valence-electron chi connectivity index (χ1n) is 8.20. The molecule has 0 radical (unpaired) electrons. The van der Waals surface area contributed by atoms with Crippen LogP contribution in [0.4, 0.5) is 26.3 Å². The Morgan fingerprint density at radius 3 is 2.00 bits per heavy atom. The molecular weight excluding hydrogens is 421 g/mol. The van der Waals surface area contributed by atoms with Crippen LogP contribution in [0.1, 0.15) is 36.5 Å². The van der Waals surface area contributed by atoms with Gasteiger partial charge in [0.1, 0.15) is 4.33 Å². The second kappa shape index (κ2) is 7.97. The number of benzene rings is 1. The van der Waals surface area contributed by atoms with E-state index in [9.17, 15) is 26.3 Å². The van der Waals surface area contributed by atoms with Gasteiger partial charge in [0.15, 0.2) is 6.29 Å². The van der Waals surface area contributed by atoms with Crippen molar-refractivity contribution in [2.45, 2.75) is 49.2 Å². The Morgan fingerprint density at radius 1 is 1.00 bits per heavy atom. The first-order valence-corrected chi connectivity index (χ1v) is 8.95. The summed E-state index contributed by atoms with van der Waals surface area (Å²) in [6, 6.07) is 2.32. The molecule has 0 unspecified atom stereocenters. The SMILES string of the molecule is CCOC(OCC)[C@@H]1[C@@H](c2cc(CC(F)(F)F)cc(C(F)(F)F)c2)C1(Cl)Cl. The zero-order valence-electron chi connectivity index (χ0n) is 14.4. The van der Waals surface area contributed by atoms with E-state index in [-0.39, 0.29) is 18.8 Å². The maximum absolute atomic E-state index is 13.2. The number of hydrogen-bond acceptors (Lipinski definition) is 2. The highest BCUT2D eigenvalue weighted by Gasteiger charge is 2.68. The molecule has 1 aliphatic rings. The normalized spacial score (nSPS) is 22.3. The first kappa shape index (κ1) is 22.6. The molecule has 0 bridgehead atoms. The van der Waals surface area contributed by atoms with Gasteiger partial charge in [0.25, 0.3) is 0 Å². The predicted octanol–water partition coefficient (Wildman–Crippen LogP) is 6.10. The molecule has 1 aliphatic carbocycles. The van der Waals surface area contributed by atoms with Crippen LogP contribution < -0.4 is 0 Å². The van der Waals surface area contributed by atoms with E-state index < -0.39 is 52.4 Å². The lowest BCUT2D eigenvalue weighted by molar-refractivity contribution is -0.149. The van der Waals surface area contributed by atoms with E-state index in [0.717, 1.165) is 12.1 Å². The van der Waals surface area contributed by atoms with Gasteiger partial charge in [-0.15, -0.1) is 23.2 Å². The third-order valence-electron chi connectivity index (χ3n) is 4.17. The minimum atomic E-state index is -4.80. The van der Waals surface area contributed by atoms with Crippen LogP contribution in [0.25, 0.3) is 0 Å². The number of rotatable bonds is 7. The molecule has 0 saturated heterocycles. The van der Waals surface area contributed by atoms with Gasteiger partial charge in [-0.1, -0.05) is 6.07 Å². The highest BCUT2D eigenvalue weighted by molar-refractivity contribution is 6.52. The van der Waals surface area contributed by atoms with E-state index in [1.807, 2.05) is 0 Å². The Morgan fingerprint density at radius 2 is 1.56 bits per heavy atom. The van der Waals surface area contributed by atoms with Crippen LogP contribution in [0, 0.1) is 5.92 Å². The summed E-state index contributed by atoms with van der Waals surface area (Å²) < 4.78 is 86.9. The van der Waals surface area contributed by atoms with Crippen molar-refractivity contribution in [3.8, 4) is 0 Å². The van der Waals surface area contributed by atoms with E-state index in [1.54, 1.807) is 13.8 Å². The molecule has 2 nitrogen and oxygen atoms in total. The van der Waals surface area contributed by atoms with Gasteiger partial charge >= 0.3 is 12.4 Å². The van der Waals surface area contributed by atoms with Gasteiger partial charge in [-0.2, -0.15) is 26.3 Å².